The zero-order valence-electron chi connectivity index (χ0n) is 6.79. The van der Waals surface area contributed by atoms with E-state index in [4.69, 9.17) is 5.26 Å². The first-order valence-corrected chi connectivity index (χ1v) is 3.48. The van der Waals surface area contributed by atoms with Crippen LogP contribution in [0.4, 0.5) is 8.78 Å². The van der Waals surface area contributed by atoms with Crippen LogP contribution in [0.25, 0.3) is 0 Å². The van der Waals surface area contributed by atoms with E-state index in [0.717, 1.165) is 0 Å². The second-order valence-corrected chi connectivity index (χ2v) is 2.45. The summed E-state index contributed by atoms with van der Waals surface area (Å²) in [6.45, 7) is -1.52. The van der Waals surface area contributed by atoms with E-state index in [1.165, 1.54) is 19.1 Å². The van der Waals surface area contributed by atoms with E-state index in [1.807, 2.05) is 0 Å². The van der Waals surface area contributed by atoms with Crippen LogP contribution in [0.2, 0.25) is 0 Å². The van der Waals surface area contributed by atoms with E-state index < -0.39 is 12.1 Å². The van der Waals surface area contributed by atoms with Crippen LogP contribution >= 0.6 is 0 Å². The number of aryl methyl sites for hydroxylation is 1. The van der Waals surface area contributed by atoms with Crippen molar-refractivity contribution in [2.24, 2.45) is 0 Å². The van der Waals surface area contributed by atoms with Gasteiger partial charge < -0.3 is 0 Å². The Labute approximate surface area is 72.8 Å². The monoisotopic (exact) mass is 184 g/mol. The molecule has 13 heavy (non-hydrogen) atoms. The van der Waals surface area contributed by atoms with Crippen molar-refractivity contribution in [3.8, 4) is 6.07 Å². The van der Waals surface area contributed by atoms with Gasteiger partial charge in [0.15, 0.2) is 0 Å². The number of nitriles is 1. The number of nitrogens with zero attached hydrogens (tertiary/aromatic N) is 2. The minimum Gasteiger partial charge on any atom is -0.268 e. The molecule has 0 radical (unpaired) electrons. The van der Waals surface area contributed by atoms with Crippen molar-refractivity contribution in [1.29, 1.82) is 5.26 Å². The molecule has 5 heteroatoms. The predicted molar refractivity (Wildman–Crippen MR) is 41.4 cm³/mol. The lowest BCUT2D eigenvalue weighted by Crippen LogP contribution is -2.24. The molecule has 0 aliphatic rings. The van der Waals surface area contributed by atoms with Gasteiger partial charge in [-0.2, -0.15) is 14.0 Å². The molecule has 0 bridgehead atoms. The lowest BCUT2D eigenvalue weighted by molar-refractivity contribution is 0.0641. The molecule has 0 aliphatic heterocycles. The fraction of sp³-hybridized carbons (Fsp3) is 0.250. The van der Waals surface area contributed by atoms with Gasteiger partial charge in [-0.15, -0.1) is 0 Å². The molecule has 0 saturated heterocycles. The van der Waals surface area contributed by atoms with Crippen LogP contribution in [0.5, 0.6) is 0 Å². The van der Waals surface area contributed by atoms with E-state index in [1.54, 1.807) is 6.07 Å². The molecule has 3 nitrogen and oxygen atoms in total. The Bertz CT molecular complexity index is 417. The molecular formula is C8H6F2N2O. The Hall–Kier alpha value is -1.70. The molecular weight excluding hydrogens is 178 g/mol. The van der Waals surface area contributed by atoms with E-state index in [2.05, 4.69) is 0 Å². The molecule has 0 saturated carbocycles. The summed E-state index contributed by atoms with van der Waals surface area (Å²) in [5, 5.41) is 8.41. The lowest BCUT2D eigenvalue weighted by atomic mass is 10.2. The number of aromatic nitrogens is 1. The summed E-state index contributed by atoms with van der Waals surface area (Å²) in [6.07, 6.45) is 0. The van der Waals surface area contributed by atoms with Gasteiger partial charge in [0.1, 0.15) is 11.6 Å². The molecule has 0 fully saturated rings. The molecule has 68 valence electrons. The fourth-order valence-corrected chi connectivity index (χ4v) is 0.973. The largest absolute Gasteiger partial charge is 0.321 e. The minimum atomic E-state index is -2.90. The number of hydrogen-bond acceptors (Lipinski definition) is 2. The van der Waals surface area contributed by atoms with E-state index in [9.17, 15) is 13.6 Å². The van der Waals surface area contributed by atoms with Gasteiger partial charge in [0.2, 0.25) is 0 Å². The molecule has 0 aromatic carbocycles. The van der Waals surface area contributed by atoms with Crippen molar-refractivity contribution in [2.75, 3.05) is 0 Å². The highest BCUT2D eigenvalue weighted by Gasteiger charge is 2.12. The molecule has 0 atom stereocenters. The van der Waals surface area contributed by atoms with Crippen molar-refractivity contribution in [1.82, 2.24) is 4.57 Å². The second-order valence-electron chi connectivity index (χ2n) is 2.45. The number of rotatable bonds is 1. The normalized spacial score (nSPS) is 10.1. The highest BCUT2D eigenvalue weighted by Crippen LogP contribution is 2.09. The third kappa shape index (κ3) is 1.56. The van der Waals surface area contributed by atoms with E-state index in [0.29, 0.717) is 4.57 Å². The van der Waals surface area contributed by atoms with Gasteiger partial charge in [0, 0.05) is 5.69 Å². The lowest BCUT2D eigenvalue weighted by Gasteiger charge is -2.07. The van der Waals surface area contributed by atoms with E-state index >= 15 is 0 Å². The first-order chi connectivity index (χ1) is 6.07. The summed E-state index contributed by atoms with van der Waals surface area (Å²) < 4.78 is 24.8. The zero-order chi connectivity index (χ0) is 10.0. The highest BCUT2D eigenvalue weighted by atomic mass is 19.3. The summed E-state index contributed by atoms with van der Waals surface area (Å²) in [5.74, 6) is 0. The predicted octanol–water partition coefficient (Wildman–Crippen LogP) is 1.42. The topological polar surface area (TPSA) is 45.8 Å². The fourth-order valence-electron chi connectivity index (χ4n) is 0.973. The van der Waals surface area contributed by atoms with E-state index in [-0.39, 0.29) is 11.3 Å². The first-order valence-electron chi connectivity index (χ1n) is 3.48. The van der Waals surface area contributed by atoms with Crippen molar-refractivity contribution in [2.45, 2.75) is 13.5 Å². The molecule has 0 aliphatic carbocycles. The van der Waals surface area contributed by atoms with Gasteiger partial charge >= 0.3 is 6.55 Å². The third-order valence-corrected chi connectivity index (χ3v) is 1.64. The summed E-state index contributed by atoms with van der Waals surface area (Å²) >= 11 is 0. The van der Waals surface area contributed by atoms with Crippen molar-refractivity contribution < 1.29 is 8.78 Å². The van der Waals surface area contributed by atoms with Crippen LogP contribution in [0.15, 0.2) is 16.9 Å². The molecule has 1 heterocycles. The van der Waals surface area contributed by atoms with Crippen LogP contribution in [0, 0.1) is 18.3 Å². The first kappa shape index (κ1) is 9.39. The number of alkyl halides is 2. The second kappa shape index (κ2) is 3.35. The third-order valence-electron chi connectivity index (χ3n) is 1.64. The minimum absolute atomic E-state index is 0.138. The Kier molecular flexibility index (Phi) is 2.42. The number of pyridine rings is 1. The smallest absolute Gasteiger partial charge is 0.268 e. The Balaban J connectivity index is 3.51. The van der Waals surface area contributed by atoms with Crippen LogP contribution in [-0.2, 0) is 0 Å². The SMILES string of the molecule is Cc1ccc(C#N)c(=O)n1C(F)F. The molecule has 1 rings (SSSR count). The molecule has 1 aromatic rings. The number of halogens is 2. The Morgan fingerprint density at radius 2 is 2.15 bits per heavy atom. The van der Waals surface area contributed by atoms with Gasteiger partial charge in [-0.1, -0.05) is 0 Å². The maximum Gasteiger partial charge on any atom is 0.321 e. The van der Waals surface area contributed by atoms with Crippen LogP contribution in [0.3, 0.4) is 0 Å². The maximum atomic E-state index is 12.3. The van der Waals surface area contributed by atoms with Gasteiger partial charge in [-0.3, -0.25) is 9.36 Å². The van der Waals surface area contributed by atoms with Crippen LogP contribution in [-0.4, -0.2) is 4.57 Å². The zero-order valence-corrected chi connectivity index (χ0v) is 6.79. The van der Waals surface area contributed by atoms with Crippen molar-refractivity contribution in [3.05, 3.63) is 33.7 Å². The van der Waals surface area contributed by atoms with Crippen molar-refractivity contribution in [3.63, 3.8) is 0 Å². The standard InChI is InChI=1S/C8H6F2N2O/c1-5-2-3-6(4-11)7(13)12(5)8(9)10/h2-3,8H,1H3. The van der Waals surface area contributed by atoms with Gasteiger partial charge in [0.05, 0.1) is 0 Å². The maximum absolute atomic E-state index is 12.3. The summed E-state index contributed by atoms with van der Waals surface area (Å²) in [7, 11) is 0. The average Bonchev–Trinajstić information content (AvgIpc) is 2.04. The van der Waals surface area contributed by atoms with Crippen LogP contribution in [0.1, 0.15) is 17.8 Å². The Morgan fingerprint density at radius 1 is 1.54 bits per heavy atom. The van der Waals surface area contributed by atoms with Crippen LogP contribution < -0.4 is 5.56 Å². The number of hydrogen-bond donors (Lipinski definition) is 0. The quantitative estimate of drug-likeness (QED) is 0.662. The van der Waals surface area contributed by atoms with Crippen molar-refractivity contribution >= 4 is 0 Å². The average molecular weight is 184 g/mol. The molecule has 0 spiro atoms. The summed E-state index contributed by atoms with van der Waals surface area (Å²) in [4.78, 5) is 11.1. The van der Waals surface area contributed by atoms with Gasteiger partial charge in [0.25, 0.3) is 5.56 Å². The summed E-state index contributed by atoms with van der Waals surface area (Å²) in [6, 6.07) is 4.10. The molecule has 1 aromatic heterocycles. The highest BCUT2D eigenvalue weighted by molar-refractivity contribution is 5.27. The summed E-state index contributed by atoms with van der Waals surface area (Å²) in [5.41, 5.74) is -1.08. The van der Waals surface area contributed by atoms with Gasteiger partial charge in [-0.05, 0) is 19.1 Å². The molecule has 0 amide bonds. The Morgan fingerprint density at radius 3 is 2.62 bits per heavy atom. The van der Waals surface area contributed by atoms with Gasteiger partial charge in [-0.25, -0.2) is 0 Å². The molecule has 0 unspecified atom stereocenters. The molecule has 0 N–H and O–H groups in total.